The zero-order valence-electron chi connectivity index (χ0n) is 12.8. The lowest BCUT2D eigenvalue weighted by atomic mass is 10.2. The van der Waals surface area contributed by atoms with Crippen molar-refractivity contribution < 1.29 is 18.0 Å². The van der Waals surface area contributed by atoms with Gasteiger partial charge in [-0.05, 0) is 6.07 Å². The summed E-state index contributed by atoms with van der Waals surface area (Å²) >= 11 is 0. The smallest absolute Gasteiger partial charge is 0.319 e. The predicted molar refractivity (Wildman–Crippen MR) is 81.1 cm³/mol. The summed E-state index contributed by atoms with van der Waals surface area (Å²) in [6, 6.07) is 3.70. The van der Waals surface area contributed by atoms with Gasteiger partial charge in [0.05, 0.1) is 17.4 Å². The third kappa shape index (κ3) is 3.64. The molecular weight excluding hydrogens is 351 g/mol. The summed E-state index contributed by atoms with van der Waals surface area (Å²) in [6.07, 6.45) is 1.65. The van der Waals surface area contributed by atoms with Gasteiger partial charge in [-0.15, -0.1) is 0 Å². The van der Waals surface area contributed by atoms with Gasteiger partial charge >= 0.3 is 6.18 Å². The summed E-state index contributed by atoms with van der Waals surface area (Å²) in [6.45, 7) is 0. The lowest BCUT2D eigenvalue weighted by Crippen LogP contribution is -2.19. The molecule has 3 heterocycles. The van der Waals surface area contributed by atoms with Crippen LogP contribution in [0.4, 0.5) is 18.9 Å². The number of halogens is 3. The first-order valence-corrected chi connectivity index (χ1v) is 6.98. The molecule has 130 valence electrons. The van der Waals surface area contributed by atoms with Gasteiger partial charge in [-0.25, -0.2) is 15.0 Å². The van der Waals surface area contributed by atoms with Crippen LogP contribution in [0.1, 0.15) is 21.7 Å². The Morgan fingerprint density at radius 1 is 1.19 bits per heavy atom. The van der Waals surface area contributed by atoms with Crippen molar-refractivity contribution in [2.45, 2.75) is 6.18 Å². The van der Waals surface area contributed by atoms with E-state index in [9.17, 15) is 18.0 Å². The van der Waals surface area contributed by atoms with Gasteiger partial charge < -0.3 is 5.32 Å². The summed E-state index contributed by atoms with van der Waals surface area (Å²) in [5.41, 5.74) is -1.45. The third-order valence-electron chi connectivity index (χ3n) is 3.10. The molecule has 0 spiro atoms. The van der Waals surface area contributed by atoms with Crippen LogP contribution in [0.25, 0.3) is 5.95 Å². The fourth-order valence-corrected chi connectivity index (χ4v) is 1.95. The number of nitrogens with one attached hydrogen (secondary N) is 1. The zero-order chi connectivity index (χ0) is 18.7. The van der Waals surface area contributed by atoms with Gasteiger partial charge in [-0.2, -0.15) is 18.4 Å². The normalized spacial score (nSPS) is 11.0. The van der Waals surface area contributed by atoms with Crippen LogP contribution in [0.5, 0.6) is 0 Å². The first kappa shape index (κ1) is 17.0. The Morgan fingerprint density at radius 2 is 2.00 bits per heavy atom. The highest BCUT2D eigenvalue weighted by molar-refractivity contribution is 6.03. The number of carbonyl (C=O) groups is 1. The van der Waals surface area contributed by atoms with Gasteiger partial charge in [0.15, 0.2) is 5.69 Å². The third-order valence-corrected chi connectivity index (χ3v) is 3.10. The number of aromatic nitrogens is 5. The van der Waals surface area contributed by atoms with E-state index in [2.05, 4.69) is 25.3 Å². The molecule has 1 amide bonds. The molecule has 26 heavy (non-hydrogen) atoms. The van der Waals surface area contributed by atoms with E-state index in [1.807, 2.05) is 6.07 Å². The minimum Gasteiger partial charge on any atom is -0.319 e. The van der Waals surface area contributed by atoms with Crippen molar-refractivity contribution >= 4 is 11.6 Å². The molecule has 1 N–H and O–H groups in total. The molecule has 0 fully saturated rings. The molecule has 8 nitrogen and oxygen atoms in total. The number of hydrogen-bond donors (Lipinski definition) is 1. The molecule has 0 aromatic carbocycles. The van der Waals surface area contributed by atoms with E-state index in [4.69, 9.17) is 5.26 Å². The quantitative estimate of drug-likeness (QED) is 0.768. The van der Waals surface area contributed by atoms with E-state index in [0.717, 1.165) is 4.57 Å². The maximum absolute atomic E-state index is 13.1. The van der Waals surface area contributed by atoms with Crippen LogP contribution in [0.3, 0.4) is 0 Å². The average Bonchev–Trinajstić information content (AvgIpc) is 3.15. The molecule has 0 saturated heterocycles. The fourth-order valence-electron chi connectivity index (χ4n) is 1.95. The van der Waals surface area contributed by atoms with Crippen molar-refractivity contribution in [3.05, 3.63) is 60.2 Å². The van der Waals surface area contributed by atoms with Crippen molar-refractivity contribution in [2.24, 2.45) is 0 Å². The van der Waals surface area contributed by atoms with Crippen LogP contribution in [0.15, 0.2) is 43.2 Å². The highest BCUT2D eigenvalue weighted by Crippen LogP contribution is 2.28. The molecule has 0 aliphatic rings. The Balaban J connectivity index is 1.99. The Labute approximate surface area is 144 Å². The molecule has 3 rings (SSSR count). The SMILES string of the molecule is N#Cc1cncc(NC(=O)c2cc(C(F)(F)F)nc(-n3ccnc3)n2)c1. The van der Waals surface area contributed by atoms with Crippen LogP contribution >= 0.6 is 0 Å². The number of nitriles is 1. The van der Waals surface area contributed by atoms with E-state index < -0.39 is 23.5 Å². The van der Waals surface area contributed by atoms with Crippen molar-refractivity contribution in [2.75, 3.05) is 5.32 Å². The van der Waals surface area contributed by atoms with Gasteiger partial charge in [-0.3, -0.25) is 14.3 Å². The fraction of sp³-hybridized carbons (Fsp3) is 0.0667. The number of imidazole rings is 1. The Kier molecular flexibility index (Phi) is 4.32. The second-order valence-corrected chi connectivity index (χ2v) is 4.93. The second-order valence-electron chi connectivity index (χ2n) is 4.93. The molecular formula is C15H8F3N7O. The molecule has 11 heteroatoms. The minimum atomic E-state index is -4.77. The molecule has 3 aromatic heterocycles. The highest BCUT2D eigenvalue weighted by Gasteiger charge is 2.34. The average molecular weight is 359 g/mol. The molecule has 0 radical (unpaired) electrons. The monoisotopic (exact) mass is 359 g/mol. The summed E-state index contributed by atoms with van der Waals surface area (Å²) < 4.78 is 40.4. The second kappa shape index (κ2) is 6.60. The first-order chi connectivity index (χ1) is 12.4. The van der Waals surface area contributed by atoms with Gasteiger partial charge in [-0.1, -0.05) is 0 Å². The van der Waals surface area contributed by atoms with E-state index in [-0.39, 0.29) is 17.2 Å². The number of alkyl halides is 3. The lowest BCUT2D eigenvalue weighted by Gasteiger charge is -2.11. The molecule has 0 aliphatic carbocycles. The van der Waals surface area contributed by atoms with Gasteiger partial charge in [0, 0.05) is 24.7 Å². The topological polar surface area (TPSA) is 109 Å². The minimum absolute atomic E-state index is 0.144. The molecule has 0 unspecified atom stereocenters. The summed E-state index contributed by atoms with van der Waals surface area (Å²) in [4.78, 5) is 27.0. The van der Waals surface area contributed by atoms with E-state index in [1.54, 1.807) is 0 Å². The van der Waals surface area contributed by atoms with Crippen LogP contribution in [0.2, 0.25) is 0 Å². The first-order valence-electron chi connectivity index (χ1n) is 6.98. The highest BCUT2D eigenvalue weighted by atomic mass is 19.4. The summed E-state index contributed by atoms with van der Waals surface area (Å²) in [5.74, 6) is -1.26. The number of rotatable bonds is 3. The van der Waals surface area contributed by atoms with Crippen molar-refractivity contribution in [3.8, 4) is 12.0 Å². The number of amides is 1. The van der Waals surface area contributed by atoms with Gasteiger partial charge in [0.25, 0.3) is 5.91 Å². The maximum Gasteiger partial charge on any atom is 0.433 e. The van der Waals surface area contributed by atoms with Crippen molar-refractivity contribution in [1.82, 2.24) is 24.5 Å². The number of pyridine rings is 1. The maximum atomic E-state index is 13.1. The number of hydrogen-bond acceptors (Lipinski definition) is 6. The molecule has 0 bridgehead atoms. The summed E-state index contributed by atoms with van der Waals surface area (Å²) in [5, 5.41) is 11.2. The van der Waals surface area contributed by atoms with Gasteiger partial charge in [0.2, 0.25) is 5.95 Å². The van der Waals surface area contributed by atoms with Crippen LogP contribution in [0, 0.1) is 11.3 Å². The Hall–Kier alpha value is -3.81. The van der Waals surface area contributed by atoms with Gasteiger partial charge in [0.1, 0.15) is 18.1 Å². The molecule has 3 aromatic rings. The van der Waals surface area contributed by atoms with Crippen LogP contribution in [-0.4, -0.2) is 30.4 Å². The summed E-state index contributed by atoms with van der Waals surface area (Å²) in [7, 11) is 0. The lowest BCUT2D eigenvalue weighted by molar-refractivity contribution is -0.141. The number of nitrogens with zero attached hydrogens (tertiary/aromatic N) is 6. The largest absolute Gasteiger partial charge is 0.433 e. The Bertz CT molecular complexity index is 993. The molecule has 0 atom stereocenters. The Morgan fingerprint density at radius 3 is 2.65 bits per heavy atom. The number of carbonyl (C=O) groups excluding carboxylic acids is 1. The van der Waals surface area contributed by atoms with E-state index >= 15 is 0 Å². The van der Waals surface area contributed by atoms with Crippen LogP contribution < -0.4 is 5.32 Å². The van der Waals surface area contributed by atoms with Crippen molar-refractivity contribution in [3.63, 3.8) is 0 Å². The van der Waals surface area contributed by atoms with Crippen LogP contribution in [-0.2, 0) is 6.18 Å². The zero-order valence-corrected chi connectivity index (χ0v) is 12.8. The van der Waals surface area contributed by atoms with E-state index in [1.165, 1.54) is 37.2 Å². The molecule has 0 aliphatic heterocycles. The van der Waals surface area contributed by atoms with Crippen molar-refractivity contribution in [1.29, 1.82) is 5.26 Å². The van der Waals surface area contributed by atoms with E-state index in [0.29, 0.717) is 6.07 Å². The standard InChI is InChI=1S/C15H8F3N7O/c16-15(17,18)12-4-11(23-14(24-12)25-2-1-20-8-25)13(26)22-10-3-9(5-19)6-21-7-10/h1-4,6-8H,(H,22,26). The molecule has 0 saturated carbocycles. The predicted octanol–water partition coefficient (Wildman–Crippen LogP) is 2.20. The number of anilines is 1.